The quantitative estimate of drug-likeness (QED) is 0.898. The number of hydrogen-bond acceptors (Lipinski definition) is 3. The molecule has 1 saturated heterocycles. The van der Waals surface area contributed by atoms with Crippen LogP contribution in [-0.4, -0.2) is 17.6 Å². The normalized spacial score (nSPS) is 24.8. The molecule has 0 aromatic heterocycles. The summed E-state index contributed by atoms with van der Waals surface area (Å²) < 4.78 is 5.23. The van der Waals surface area contributed by atoms with Crippen LogP contribution in [0.25, 0.3) is 0 Å². The van der Waals surface area contributed by atoms with Crippen LogP contribution in [0.4, 0.5) is 10.5 Å². The Balaban J connectivity index is 1.29. The van der Waals surface area contributed by atoms with Crippen molar-refractivity contribution in [2.24, 2.45) is 11.8 Å². The Morgan fingerprint density at radius 1 is 1.04 bits per heavy atom. The first-order valence-electron chi connectivity index (χ1n) is 7.97. The summed E-state index contributed by atoms with van der Waals surface area (Å²) in [7, 11) is 0. The zero-order valence-corrected chi connectivity index (χ0v) is 13.6. The maximum Gasteiger partial charge on any atom is 0.411 e. The third-order valence-electron chi connectivity index (χ3n) is 4.71. The predicted octanol–water partition coefficient (Wildman–Crippen LogP) is 4.51. The van der Waals surface area contributed by atoms with Gasteiger partial charge in [0, 0.05) is 5.69 Å². The van der Waals surface area contributed by atoms with E-state index >= 15 is 0 Å². The van der Waals surface area contributed by atoms with Gasteiger partial charge in [0.25, 0.3) is 0 Å². The molecular formula is C19H19NO2S. The molecule has 2 fully saturated rings. The first-order chi connectivity index (χ1) is 11.3. The molecule has 1 aliphatic heterocycles. The lowest BCUT2D eigenvalue weighted by molar-refractivity contribution is 0.155. The van der Waals surface area contributed by atoms with Crippen molar-refractivity contribution in [2.75, 3.05) is 16.8 Å². The number of carbonyl (C=O) groups excluding carboxylic acids is 1. The fourth-order valence-corrected chi connectivity index (χ4v) is 4.99. The molecule has 118 valence electrons. The van der Waals surface area contributed by atoms with Gasteiger partial charge in [-0.05, 0) is 52.5 Å². The maximum absolute atomic E-state index is 11.8. The molecular weight excluding hydrogens is 306 g/mol. The smallest absolute Gasteiger partial charge is 0.411 e. The van der Waals surface area contributed by atoms with E-state index in [-0.39, 0.29) is 6.61 Å². The SMILES string of the molecule is O=C(Nc1ccc(C2[C@H]3CSC[C@@H]23)cc1)OCc1ccccc1. The van der Waals surface area contributed by atoms with Crippen molar-refractivity contribution in [2.45, 2.75) is 12.5 Å². The monoisotopic (exact) mass is 325 g/mol. The lowest BCUT2D eigenvalue weighted by Gasteiger charge is -2.08. The highest BCUT2D eigenvalue weighted by Gasteiger charge is 2.53. The molecule has 1 unspecified atom stereocenters. The molecule has 2 aliphatic rings. The highest BCUT2D eigenvalue weighted by atomic mass is 32.2. The minimum Gasteiger partial charge on any atom is -0.444 e. The molecule has 0 spiro atoms. The number of benzene rings is 2. The van der Waals surface area contributed by atoms with E-state index in [4.69, 9.17) is 4.74 Å². The molecule has 23 heavy (non-hydrogen) atoms. The molecule has 0 radical (unpaired) electrons. The van der Waals surface area contributed by atoms with Crippen molar-refractivity contribution in [3.8, 4) is 0 Å². The third-order valence-corrected chi connectivity index (χ3v) is 5.95. The number of nitrogens with one attached hydrogen (secondary N) is 1. The summed E-state index contributed by atoms with van der Waals surface area (Å²) in [5, 5.41) is 2.78. The highest BCUT2D eigenvalue weighted by Crippen LogP contribution is 2.60. The largest absolute Gasteiger partial charge is 0.444 e. The Hall–Kier alpha value is -1.94. The van der Waals surface area contributed by atoms with Crippen LogP contribution in [0.5, 0.6) is 0 Å². The summed E-state index contributed by atoms with van der Waals surface area (Å²) in [6, 6.07) is 17.9. The summed E-state index contributed by atoms with van der Waals surface area (Å²) >= 11 is 2.07. The van der Waals surface area contributed by atoms with Crippen molar-refractivity contribution in [3.63, 3.8) is 0 Å². The second-order valence-electron chi connectivity index (χ2n) is 6.20. The van der Waals surface area contributed by atoms with Gasteiger partial charge < -0.3 is 4.74 Å². The average Bonchev–Trinajstić information content (AvgIpc) is 3.06. The molecule has 1 N–H and O–H groups in total. The summed E-state index contributed by atoms with van der Waals surface area (Å²) in [6.07, 6.45) is -0.415. The fraction of sp³-hybridized carbons (Fsp3) is 0.316. The van der Waals surface area contributed by atoms with Crippen LogP contribution in [-0.2, 0) is 11.3 Å². The van der Waals surface area contributed by atoms with Gasteiger partial charge >= 0.3 is 6.09 Å². The summed E-state index contributed by atoms with van der Waals surface area (Å²) in [6.45, 7) is 0.286. The minimum atomic E-state index is -0.415. The Morgan fingerprint density at radius 2 is 1.74 bits per heavy atom. The molecule has 0 bridgehead atoms. The zero-order chi connectivity index (χ0) is 15.6. The van der Waals surface area contributed by atoms with E-state index in [1.807, 2.05) is 42.5 Å². The van der Waals surface area contributed by atoms with Gasteiger partial charge in [-0.2, -0.15) is 11.8 Å². The predicted molar refractivity (Wildman–Crippen MR) is 93.7 cm³/mol. The van der Waals surface area contributed by atoms with E-state index in [0.717, 1.165) is 29.0 Å². The van der Waals surface area contributed by atoms with E-state index in [1.165, 1.54) is 17.1 Å². The van der Waals surface area contributed by atoms with Crippen molar-refractivity contribution in [1.82, 2.24) is 0 Å². The van der Waals surface area contributed by atoms with Crippen LogP contribution in [0.2, 0.25) is 0 Å². The van der Waals surface area contributed by atoms with Crippen molar-refractivity contribution in [3.05, 3.63) is 65.7 Å². The van der Waals surface area contributed by atoms with Crippen LogP contribution in [0, 0.1) is 11.8 Å². The zero-order valence-electron chi connectivity index (χ0n) is 12.8. The van der Waals surface area contributed by atoms with Gasteiger partial charge in [-0.25, -0.2) is 4.79 Å². The molecule has 1 aliphatic carbocycles. The molecule has 4 heteroatoms. The number of anilines is 1. The van der Waals surface area contributed by atoms with Gasteiger partial charge in [-0.3, -0.25) is 5.32 Å². The number of thioether (sulfide) groups is 1. The number of hydrogen-bond donors (Lipinski definition) is 1. The topological polar surface area (TPSA) is 38.3 Å². The Bertz CT molecular complexity index is 676. The second kappa shape index (κ2) is 6.28. The van der Waals surface area contributed by atoms with E-state index in [2.05, 4.69) is 29.2 Å². The Kier molecular flexibility index (Phi) is 4.00. The van der Waals surface area contributed by atoms with Gasteiger partial charge in [-0.15, -0.1) is 0 Å². The first kappa shape index (κ1) is 14.6. The fourth-order valence-electron chi connectivity index (χ4n) is 3.40. The van der Waals surface area contributed by atoms with Crippen LogP contribution in [0.1, 0.15) is 17.0 Å². The third kappa shape index (κ3) is 3.22. The van der Waals surface area contributed by atoms with Gasteiger partial charge in [0.1, 0.15) is 6.61 Å². The van der Waals surface area contributed by atoms with Crippen LogP contribution < -0.4 is 5.32 Å². The van der Waals surface area contributed by atoms with Crippen molar-refractivity contribution >= 4 is 23.5 Å². The van der Waals surface area contributed by atoms with E-state index in [0.29, 0.717) is 0 Å². The number of carbonyl (C=O) groups is 1. The van der Waals surface area contributed by atoms with Gasteiger partial charge in [0.15, 0.2) is 0 Å². The summed E-state index contributed by atoms with van der Waals surface area (Å²) in [5.74, 6) is 5.13. The number of fused-ring (bicyclic) bond motifs is 1. The Morgan fingerprint density at radius 3 is 2.43 bits per heavy atom. The van der Waals surface area contributed by atoms with E-state index < -0.39 is 6.09 Å². The minimum absolute atomic E-state index is 0.286. The molecule has 1 amide bonds. The summed E-state index contributed by atoms with van der Waals surface area (Å²) in [5.41, 5.74) is 3.17. The lowest BCUT2D eigenvalue weighted by atomic mass is 10.1. The maximum atomic E-state index is 11.8. The van der Waals surface area contributed by atoms with Crippen LogP contribution in [0.3, 0.4) is 0 Å². The highest BCUT2D eigenvalue weighted by molar-refractivity contribution is 7.99. The van der Waals surface area contributed by atoms with Crippen LogP contribution >= 0.6 is 11.8 Å². The second-order valence-corrected chi connectivity index (χ2v) is 7.27. The molecule has 4 rings (SSSR count). The molecule has 1 heterocycles. The lowest BCUT2D eigenvalue weighted by Crippen LogP contribution is -2.13. The van der Waals surface area contributed by atoms with Crippen molar-refractivity contribution < 1.29 is 9.53 Å². The summed E-state index contributed by atoms with van der Waals surface area (Å²) in [4.78, 5) is 11.8. The molecule has 2 aromatic rings. The number of rotatable bonds is 4. The number of amides is 1. The van der Waals surface area contributed by atoms with E-state index in [1.54, 1.807) is 0 Å². The molecule has 3 nitrogen and oxygen atoms in total. The van der Waals surface area contributed by atoms with Crippen LogP contribution in [0.15, 0.2) is 54.6 Å². The van der Waals surface area contributed by atoms with Gasteiger partial charge in [-0.1, -0.05) is 42.5 Å². The molecule has 2 aromatic carbocycles. The number of ether oxygens (including phenoxy) is 1. The Labute approximate surface area is 140 Å². The standard InChI is InChI=1S/C19H19NO2S/c21-19(22-10-13-4-2-1-3-5-13)20-15-8-6-14(7-9-15)18-16-11-23-12-17(16)18/h1-9,16-18H,10-12H2,(H,20,21)/t16-,17+,18?. The molecule has 1 saturated carbocycles. The van der Waals surface area contributed by atoms with E-state index in [9.17, 15) is 4.79 Å². The van der Waals surface area contributed by atoms with Gasteiger partial charge in [0.2, 0.25) is 0 Å². The van der Waals surface area contributed by atoms with Crippen molar-refractivity contribution in [1.29, 1.82) is 0 Å². The van der Waals surface area contributed by atoms with Gasteiger partial charge in [0.05, 0.1) is 0 Å². The first-order valence-corrected chi connectivity index (χ1v) is 9.12. The molecule has 3 atom stereocenters. The average molecular weight is 325 g/mol.